The standard InChI is InChI=1S/C14H22F3NO4/c1-10(12(20)18-9-14(15,16)17)22-11(19)8-13(21)6-4-2-3-5-7-13/h10,21H,2-9H2,1H3,(H,18,20)/t10-/m0/s1. The fraction of sp³-hybridized carbons (Fsp3) is 0.857. The zero-order chi connectivity index (χ0) is 16.8. The summed E-state index contributed by atoms with van der Waals surface area (Å²) in [6.45, 7) is -0.279. The van der Waals surface area contributed by atoms with Gasteiger partial charge in [0.2, 0.25) is 0 Å². The third kappa shape index (κ3) is 7.11. The number of aliphatic hydroxyl groups is 1. The summed E-state index contributed by atoms with van der Waals surface area (Å²) in [5, 5.41) is 12.0. The lowest BCUT2D eigenvalue weighted by Crippen LogP contribution is -2.41. The number of carbonyl (C=O) groups excluding carboxylic acids is 2. The van der Waals surface area contributed by atoms with Crippen LogP contribution < -0.4 is 5.32 Å². The highest BCUT2D eigenvalue weighted by molar-refractivity contribution is 5.83. The van der Waals surface area contributed by atoms with Gasteiger partial charge in [-0.2, -0.15) is 13.2 Å². The van der Waals surface area contributed by atoms with Crippen LogP contribution in [-0.2, 0) is 14.3 Å². The van der Waals surface area contributed by atoms with Crippen molar-refractivity contribution >= 4 is 11.9 Å². The van der Waals surface area contributed by atoms with Gasteiger partial charge in [0.1, 0.15) is 6.54 Å². The first-order valence-corrected chi connectivity index (χ1v) is 7.38. The molecule has 0 saturated heterocycles. The van der Waals surface area contributed by atoms with Crippen molar-refractivity contribution in [2.75, 3.05) is 6.54 Å². The van der Waals surface area contributed by atoms with Gasteiger partial charge in [-0.3, -0.25) is 9.59 Å². The second kappa shape index (κ2) is 7.80. The summed E-state index contributed by atoms with van der Waals surface area (Å²) in [5.41, 5.74) is -1.14. The highest BCUT2D eigenvalue weighted by atomic mass is 19.4. The summed E-state index contributed by atoms with van der Waals surface area (Å²) in [5.74, 6) is -1.79. The first kappa shape index (κ1) is 18.7. The van der Waals surface area contributed by atoms with Crippen LogP contribution >= 0.6 is 0 Å². The van der Waals surface area contributed by atoms with Crippen LogP contribution in [0.25, 0.3) is 0 Å². The molecule has 0 unspecified atom stereocenters. The molecule has 0 bridgehead atoms. The molecule has 8 heteroatoms. The minimum atomic E-state index is -4.52. The Morgan fingerprint density at radius 1 is 1.23 bits per heavy atom. The molecule has 1 amide bonds. The Balaban J connectivity index is 2.41. The van der Waals surface area contributed by atoms with E-state index in [-0.39, 0.29) is 6.42 Å². The van der Waals surface area contributed by atoms with E-state index in [9.17, 15) is 27.9 Å². The van der Waals surface area contributed by atoms with E-state index in [1.54, 1.807) is 5.32 Å². The third-order valence-electron chi connectivity index (χ3n) is 3.65. The lowest BCUT2D eigenvalue weighted by atomic mass is 9.91. The number of hydrogen-bond donors (Lipinski definition) is 2. The Morgan fingerprint density at radius 2 is 1.77 bits per heavy atom. The Hall–Kier alpha value is -1.31. The van der Waals surface area contributed by atoms with Crippen molar-refractivity contribution in [1.82, 2.24) is 5.32 Å². The van der Waals surface area contributed by atoms with Crippen LogP contribution in [0.4, 0.5) is 13.2 Å². The molecule has 1 atom stereocenters. The average Bonchev–Trinajstić information content (AvgIpc) is 2.59. The Kier molecular flexibility index (Phi) is 6.65. The molecule has 0 heterocycles. The van der Waals surface area contributed by atoms with E-state index in [0.29, 0.717) is 12.8 Å². The molecule has 1 aliphatic carbocycles. The van der Waals surface area contributed by atoms with Gasteiger partial charge in [-0.25, -0.2) is 0 Å². The monoisotopic (exact) mass is 325 g/mol. The normalized spacial score (nSPS) is 19.9. The number of alkyl halides is 3. The quantitative estimate of drug-likeness (QED) is 0.599. The molecule has 1 fully saturated rings. The van der Waals surface area contributed by atoms with Crippen LogP contribution in [-0.4, -0.2) is 41.4 Å². The Bertz CT molecular complexity index is 390. The fourth-order valence-electron chi connectivity index (χ4n) is 2.46. The van der Waals surface area contributed by atoms with Gasteiger partial charge in [-0.15, -0.1) is 0 Å². The van der Waals surface area contributed by atoms with Crippen molar-refractivity contribution in [2.45, 2.75) is 69.8 Å². The van der Waals surface area contributed by atoms with Gasteiger partial charge >= 0.3 is 12.1 Å². The van der Waals surface area contributed by atoms with Crippen molar-refractivity contribution in [2.24, 2.45) is 0 Å². The minimum absolute atomic E-state index is 0.246. The molecule has 1 rings (SSSR count). The van der Waals surface area contributed by atoms with E-state index in [4.69, 9.17) is 4.74 Å². The van der Waals surface area contributed by atoms with Crippen LogP contribution in [0.15, 0.2) is 0 Å². The van der Waals surface area contributed by atoms with Crippen LogP contribution in [0.5, 0.6) is 0 Å². The lowest BCUT2D eigenvalue weighted by Gasteiger charge is -2.26. The van der Waals surface area contributed by atoms with Crippen LogP contribution in [0, 0.1) is 0 Å². The predicted octanol–water partition coefficient (Wildman–Crippen LogP) is 2.07. The number of ether oxygens (including phenoxy) is 1. The molecule has 1 aliphatic rings. The number of nitrogens with one attached hydrogen (secondary N) is 1. The first-order valence-electron chi connectivity index (χ1n) is 7.38. The van der Waals surface area contributed by atoms with E-state index >= 15 is 0 Å². The molecule has 0 radical (unpaired) electrons. The molecule has 2 N–H and O–H groups in total. The number of carbonyl (C=O) groups is 2. The lowest BCUT2D eigenvalue weighted by molar-refractivity contribution is -0.161. The maximum atomic E-state index is 12.0. The van der Waals surface area contributed by atoms with Gasteiger partial charge < -0.3 is 15.2 Å². The number of esters is 1. The van der Waals surface area contributed by atoms with Gasteiger partial charge in [0.15, 0.2) is 6.10 Å². The Morgan fingerprint density at radius 3 is 2.27 bits per heavy atom. The number of amides is 1. The van der Waals surface area contributed by atoms with Crippen molar-refractivity contribution < 1.29 is 32.6 Å². The molecule has 5 nitrogen and oxygen atoms in total. The summed E-state index contributed by atoms with van der Waals surface area (Å²) < 4.78 is 40.8. The number of hydrogen-bond acceptors (Lipinski definition) is 4. The molecule has 0 aromatic heterocycles. The maximum absolute atomic E-state index is 12.0. The van der Waals surface area contributed by atoms with Gasteiger partial charge in [-0.1, -0.05) is 25.7 Å². The van der Waals surface area contributed by atoms with E-state index in [0.717, 1.165) is 25.7 Å². The minimum Gasteiger partial charge on any atom is -0.452 e. The molecule has 1 saturated carbocycles. The summed E-state index contributed by atoms with van der Waals surface area (Å²) in [6.07, 6.45) is -1.52. The van der Waals surface area contributed by atoms with E-state index in [1.807, 2.05) is 0 Å². The van der Waals surface area contributed by atoms with Gasteiger partial charge in [0.05, 0.1) is 12.0 Å². The summed E-state index contributed by atoms with van der Waals surface area (Å²) >= 11 is 0. The molecule has 0 aromatic carbocycles. The zero-order valence-electron chi connectivity index (χ0n) is 12.5. The smallest absolute Gasteiger partial charge is 0.405 e. The molecule has 22 heavy (non-hydrogen) atoms. The fourth-order valence-corrected chi connectivity index (χ4v) is 2.46. The summed E-state index contributed by atoms with van der Waals surface area (Å²) in [7, 11) is 0. The maximum Gasteiger partial charge on any atom is 0.405 e. The molecule has 128 valence electrons. The van der Waals surface area contributed by atoms with Crippen LogP contribution in [0.3, 0.4) is 0 Å². The molecular formula is C14H22F3NO4. The van der Waals surface area contributed by atoms with E-state index in [2.05, 4.69) is 0 Å². The largest absolute Gasteiger partial charge is 0.452 e. The highest BCUT2D eigenvalue weighted by Crippen LogP contribution is 2.30. The zero-order valence-corrected chi connectivity index (χ0v) is 12.5. The van der Waals surface area contributed by atoms with Gasteiger partial charge in [0.25, 0.3) is 5.91 Å². The van der Waals surface area contributed by atoms with Gasteiger partial charge in [0, 0.05) is 0 Å². The van der Waals surface area contributed by atoms with Crippen molar-refractivity contribution in [1.29, 1.82) is 0 Å². The van der Waals surface area contributed by atoms with Crippen molar-refractivity contribution in [3.63, 3.8) is 0 Å². The van der Waals surface area contributed by atoms with Gasteiger partial charge in [-0.05, 0) is 19.8 Å². The Labute approximate surface area is 127 Å². The predicted molar refractivity (Wildman–Crippen MR) is 71.9 cm³/mol. The number of halogens is 3. The second-order valence-corrected chi connectivity index (χ2v) is 5.78. The van der Waals surface area contributed by atoms with Crippen molar-refractivity contribution in [3.05, 3.63) is 0 Å². The highest BCUT2D eigenvalue weighted by Gasteiger charge is 2.33. The van der Waals surface area contributed by atoms with E-state index in [1.165, 1.54) is 6.92 Å². The van der Waals surface area contributed by atoms with Crippen molar-refractivity contribution in [3.8, 4) is 0 Å². The number of rotatable bonds is 5. The second-order valence-electron chi connectivity index (χ2n) is 5.78. The SMILES string of the molecule is C[C@H](OC(=O)CC1(O)CCCCCC1)C(=O)NCC(F)(F)F. The third-order valence-corrected chi connectivity index (χ3v) is 3.65. The average molecular weight is 325 g/mol. The molecule has 0 aliphatic heterocycles. The topological polar surface area (TPSA) is 75.6 Å². The molecule has 0 spiro atoms. The van der Waals surface area contributed by atoms with Crippen LogP contribution in [0.2, 0.25) is 0 Å². The van der Waals surface area contributed by atoms with Crippen LogP contribution in [0.1, 0.15) is 51.9 Å². The summed E-state index contributed by atoms with van der Waals surface area (Å²) in [4.78, 5) is 23.2. The molecular weight excluding hydrogens is 303 g/mol. The first-order chi connectivity index (χ1) is 10.1. The molecule has 0 aromatic rings. The summed E-state index contributed by atoms with van der Waals surface area (Å²) in [6, 6.07) is 0. The van der Waals surface area contributed by atoms with E-state index < -0.39 is 36.3 Å².